The summed E-state index contributed by atoms with van der Waals surface area (Å²) < 4.78 is 10.9. The minimum atomic E-state index is 0.0208. The van der Waals surface area contributed by atoms with Gasteiger partial charge >= 0.3 is 0 Å². The third-order valence-corrected chi connectivity index (χ3v) is 2.75. The molecular weight excluding hydrogens is 244 g/mol. The van der Waals surface area contributed by atoms with Gasteiger partial charge in [-0.05, 0) is 37.1 Å². The summed E-state index contributed by atoms with van der Waals surface area (Å²) in [6, 6.07) is 5.79. The molecule has 19 heavy (non-hydrogen) atoms. The van der Waals surface area contributed by atoms with Crippen LogP contribution in [0.2, 0.25) is 0 Å². The summed E-state index contributed by atoms with van der Waals surface area (Å²) in [6.45, 7) is 1.08. The molecule has 1 amide bonds. The molecule has 1 aromatic rings. The zero-order valence-electron chi connectivity index (χ0n) is 11.6. The third kappa shape index (κ3) is 5.18. The predicted octanol–water partition coefficient (Wildman–Crippen LogP) is 1.10. The van der Waals surface area contributed by atoms with Gasteiger partial charge < -0.3 is 20.5 Å². The van der Waals surface area contributed by atoms with Crippen molar-refractivity contribution in [2.45, 2.75) is 19.3 Å². The van der Waals surface area contributed by atoms with Crippen LogP contribution in [-0.2, 0) is 11.2 Å². The van der Waals surface area contributed by atoms with E-state index < -0.39 is 0 Å². The number of nitrogens with one attached hydrogen (secondary N) is 1. The Hall–Kier alpha value is -1.75. The molecule has 0 saturated heterocycles. The maximum atomic E-state index is 11.1. The number of hydrogen-bond donors (Lipinski definition) is 2. The Balaban J connectivity index is 2.54. The Kier molecular flexibility index (Phi) is 6.74. The van der Waals surface area contributed by atoms with Crippen LogP contribution in [0.1, 0.15) is 18.4 Å². The van der Waals surface area contributed by atoms with E-state index in [1.165, 1.54) is 0 Å². The van der Waals surface area contributed by atoms with Gasteiger partial charge in [-0.25, -0.2) is 0 Å². The molecule has 106 valence electrons. The molecule has 5 nitrogen and oxygen atoms in total. The second kappa shape index (κ2) is 8.37. The summed E-state index contributed by atoms with van der Waals surface area (Å²) in [6.07, 6.45) is 1.93. The highest BCUT2D eigenvalue weighted by atomic mass is 16.5. The van der Waals surface area contributed by atoms with Gasteiger partial charge in [-0.15, -0.1) is 0 Å². The van der Waals surface area contributed by atoms with Crippen molar-refractivity contribution in [3.63, 3.8) is 0 Å². The van der Waals surface area contributed by atoms with Crippen molar-refractivity contribution in [3.8, 4) is 11.5 Å². The fourth-order valence-electron chi connectivity index (χ4n) is 1.70. The number of methoxy groups -OCH3 is 1. The standard InChI is InChI=1S/C14H22N2O3/c1-16-14(17)4-3-9-19-13-10-11(7-8-15)5-6-12(13)18-2/h5-6,10H,3-4,7-9,15H2,1-2H3,(H,16,17). The first-order valence-electron chi connectivity index (χ1n) is 6.41. The number of carbonyl (C=O) groups is 1. The van der Waals surface area contributed by atoms with Crippen LogP contribution in [-0.4, -0.2) is 33.2 Å². The van der Waals surface area contributed by atoms with E-state index in [1.54, 1.807) is 14.2 Å². The molecule has 0 aliphatic heterocycles. The number of ether oxygens (including phenoxy) is 2. The smallest absolute Gasteiger partial charge is 0.219 e. The van der Waals surface area contributed by atoms with E-state index in [0.717, 1.165) is 12.0 Å². The van der Waals surface area contributed by atoms with Gasteiger partial charge in [0.15, 0.2) is 11.5 Å². The van der Waals surface area contributed by atoms with E-state index in [2.05, 4.69) is 5.32 Å². The van der Waals surface area contributed by atoms with E-state index in [-0.39, 0.29) is 5.91 Å². The second-order valence-electron chi connectivity index (χ2n) is 4.15. The Morgan fingerprint density at radius 3 is 2.79 bits per heavy atom. The Bertz CT molecular complexity index is 408. The van der Waals surface area contributed by atoms with Gasteiger partial charge in [-0.1, -0.05) is 6.07 Å². The number of benzene rings is 1. The van der Waals surface area contributed by atoms with Crippen molar-refractivity contribution in [2.24, 2.45) is 5.73 Å². The normalized spacial score (nSPS) is 10.1. The monoisotopic (exact) mass is 266 g/mol. The third-order valence-electron chi connectivity index (χ3n) is 2.75. The number of carbonyl (C=O) groups excluding carboxylic acids is 1. The fraction of sp³-hybridized carbons (Fsp3) is 0.500. The second-order valence-corrected chi connectivity index (χ2v) is 4.15. The molecule has 3 N–H and O–H groups in total. The highest BCUT2D eigenvalue weighted by Gasteiger charge is 2.06. The first kappa shape index (κ1) is 15.3. The van der Waals surface area contributed by atoms with Gasteiger partial charge in [-0.2, -0.15) is 0 Å². The molecule has 0 fully saturated rings. The summed E-state index contributed by atoms with van der Waals surface area (Å²) in [5.41, 5.74) is 6.65. The van der Waals surface area contributed by atoms with E-state index in [1.807, 2.05) is 18.2 Å². The predicted molar refractivity (Wildman–Crippen MR) is 74.5 cm³/mol. The first-order valence-corrected chi connectivity index (χ1v) is 6.41. The topological polar surface area (TPSA) is 73.6 Å². The van der Waals surface area contributed by atoms with E-state index in [4.69, 9.17) is 15.2 Å². The lowest BCUT2D eigenvalue weighted by Crippen LogP contribution is -2.18. The van der Waals surface area contributed by atoms with Crippen LogP contribution < -0.4 is 20.5 Å². The van der Waals surface area contributed by atoms with Crippen molar-refractivity contribution < 1.29 is 14.3 Å². The van der Waals surface area contributed by atoms with Crippen LogP contribution in [0.15, 0.2) is 18.2 Å². The van der Waals surface area contributed by atoms with Gasteiger partial charge in [0, 0.05) is 13.5 Å². The summed E-state index contributed by atoms with van der Waals surface area (Å²) in [7, 11) is 3.23. The van der Waals surface area contributed by atoms with Gasteiger partial charge in [0.25, 0.3) is 0 Å². The fourth-order valence-corrected chi connectivity index (χ4v) is 1.70. The highest BCUT2D eigenvalue weighted by Crippen LogP contribution is 2.28. The van der Waals surface area contributed by atoms with Crippen LogP contribution in [0.4, 0.5) is 0 Å². The molecule has 0 saturated carbocycles. The van der Waals surface area contributed by atoms with Crippen LogP contribution in [0.5, 0.6) is 11.5 Å². The van der Waals surface area contributed by atoms with E-state index in [9.17, 15) is 4.79 Å². The SMILES string of the molecule is CNC(=O)CCCOc1cc(CCN)ccc1OC. The highest BCUT2D eigenvalue weighted by molar-refractivity contribution is 5.75. The van der Waals surface area contributed by atoms with Crippen LogP contribution in [0, 0.1) is 0 Å². The summed E-state index contributed by atoms with van der Waals surface area (Å²) in [4.78, 5) is 11.1. The number of nitrogens with two attached hydrogens (primary N) is 1. The Labute approximate surface area is 114 Å². The average Bonchev–Trinajstić information content (AvgIpc) is 2.44. The first-order chi connectivity index (χ1) is 9.21. The molecule has 0 heterocycles. The Morgan fingerprint density at radius 2 is 2.16 bits per heavy atom. The molecule has 0 aromatic heterocycles. The van der Waals surface area contributed by atoms with Gasteiger partial charge in [0.2, 0.25) is 5.91 Å². The summed E-state index contributed by atoms with van der Waals surface area (Å²) in [5.74, 6) is 1.42. The maximum Gasteiger partial charge on any atom is 0.219 e. The molecule has 0 aliphatic rings. The number of rotatable bonds is 8. The van der Waals surface area contributed by atoms with E-state index in [0.29, 0.717) is 37.5 Å². The molecule has 1 aromatic carbocycles. The van der Waals surface area contributed by atoms with Gasteiger partial charge in [0.05, 0.1) is 13.7 Å². The minimum Gasteiger partial charge on any atom is -0.493 e. The van der Waals surface area contributed by atoms with Crippen LogP contribution in [0.3, 0.4) is 0 Å². The van der Waals surface area contributed by atoms with Gasteiger partial charge in [0.1, 0.15) is 0 Å². The molecule has 1 rings (SSSR count). The van der Waals surface area contributed by atoms with Crippen molar-refractivity contribution in [3.05, 3.63) is 23.8 Å². The van der Waals surface area contributed by atoms with Crippen molar-refractivity contribution >= 4 is 5.91 Å². The maximum absolute atomic E-state index is 11.1. The van der Waals surface area contributed by atoms with Crippen molar-refractivity contribution in [2.75, 3.05) is 27.3 Å². The average molecular weight is 266 g/mol. The molecule has 5 heteroatoms. The molecule has 0 bridgehead atoms. The van der Waals surface area contributed by atoms with Crippen molar-refractivity contribution in [1.82, 2.24) is 5.32 Å². The lowest BCUT2D eigenvalue weighted by molar-refractivity contribution is -0.120. The van der Waals surface area contributed by atoms with Gasteiger partial charge in [-0.3, -0.25) is 4.79 Å². The van der Waals surface area contributed by atoms with Crippen LogP contribution >= 0.6 is 0 Å². The number of amides is 1. The zero-order chi connectivity index (χ0) is 14.1. The lowest BCUT2D eigenvalue weighted by Gasteiger charge is -2.12. The van der Waals surface area contributed by atoms with E-state index >= 15 is 0 Å². The summed E-state index contributed by atoms with van der Waals surface area (Å²) >= 11 is 0. The molecule has 0 radical (unpaired) electrons. The molecule has 0 spiro atoms. The number of hydrogen-bond acceptors (Lipinski definition) is 4. The lowest BCUT2D eigenvalue weighted by atomic mass is 10.1. The quantitative estimate of drug-likeness (QED) is 0.691. The molecule has 0 unspecified atom stereocenters. The minimum absolute atomic E-state index is 0.0208. The molecule has 0 aliphatic carbocycles. The largest absolute Gasteiger partial charge is 0.493 e. The summed E-state index contributed by atoms with van der Waals surface area (Å²) in [5, 5.41) is 2.58. The Morgan fingerprint density at radius 1 is 1.37 bits per heavy atom. The van der Waals surface area contributed by atoms with Crippen molar-refractivity contribution in [1.29, 1.82) is 0 Å². The van der Waals surface area contributed by atoms with Crippen LogP contribution in [0.25, 0.3) is 0 Å². The zero-order valence-corrected chi connectivity index (χ0v) is 11.6. The molecular formula is C14H22N2O3. The molecule has 0 atom stereocenters.